The predicted octanol–water partition coefficient (Wildman–Crippen LogP) is 4.37. The number of carbonyl (C=O) groups is 2. The minimum atomic E-state index is -0.476. The minimum absolute atomic E-state index is 0.0726. The van der Waals surface area contributed by atoms with Gasteiger partial charge >= 0.3 is 0 Å². The molecule has 0 fully saturated rings. The van der Waals surface area contributed by atoms with E-state index in [1.165, 1.54) is 18.7 Å². The van der Waals surface area contributed by atoms with Gasteiger partial charge in [0.15, 0.2) is 18.1 Å². The van der Waals surface area contributed by atoms with Crippen LogP contribution in [0.15, 0.2) is 84.4 Å². The van der Waals surface area contributed by atoms with Gasteiger partial charge in [0.25, 0.3) is 11.8 Å². The second-order valence-corrected chi connectivity index (χ2v) is 7.60. The van der Waals surface area contributed by atoms with Crippen LogP contribution in [-0.4, -0.2) is 32.1 Å². The lowest BCUT2D eigenvalue weighted by Crippen LogP contribution is -2.26. The maximum atomic E-state index is 12.6. The van der Waals surface area contributed by atoms with Crippen LogP contribution in [0.25, 0.3) is 6.08 Å². The van der Waals surface area contributed by atoms with Crippen LogP contribution in [0.4, 0.5) is 5.69 Å². The van der Waals surface area contributed by atoms with E-state index < -0.39 is 5.91 Å². The van der Waals surface area contributed by atoms with Crippen LogP contribution in [0, 0.1) is 11.3 Å². The Morgan fingerprint density at radius 3 is 2.37 bits per heavy atom. The summed E-state index contributed by atoms with van der Waals surface area (Å²) in [5.41, 5.74) is 2.22. The molecule has 0 radical (unpaired) electrons. The molecule has 0 saturated heterocycles. The third-order valence-corrected chi connectivity index (χ3v) is 5.07. The number of benzene rings is 3. The molecule has 7 heteroatoms. The number of nitrogens with one attached hydrogen (secondary N) is 2. The maximum Gasteiger partial charge on any atom is 0.262 e. The molecule has 3 rings (SSSR count). The summed E-state index contributed by atoms with van der Waals surface area (Å²) < 4.78 is 11.1. The van der Waals surface area contributed by atoms with E-state index in [4.69, 9.17) is 9.47 Å². The Balaban J connectivity index is 1.65. The topological polar surface area (TPSA) is 100 Å². The molecule has 35 heavy (non-hydrogen) atoms. The Labute approximate surface area is 205 Å². The van der Waals surface area contributed by atoms with Gasteiger partial charge in [-0.15, -0.1) is 0 Å². The number of nitriles is 1. The van der Waals surface area contributed by atoms with Crippen LogP contribution in [0.3, 0.4) is 0 Å². The van der Waals surface area contributed by atoms with E-state index in [0.29, 0.717) is 23.5 Å². The van der Waals surface area contributed by atoms with Crippen molar-refractivity contribution in [3.8, 4) is 17.6 Å². The van der Waals surface area contributed by atoms with Crippen LogP contribution >= 0.6 is 0 Å². The van der Waals surface area contributed by atoms with Crippen molar-refractivity contribution in [3.05, 3.63) is 95.6 Å². The Hall–Kier alpha value is -4.57. The number of para-hydroxylation sites is 2. The van der Waals surface area contributed by atoms with Crippen LogP contribution < -0.4 is 20.1 Å². The SMILES string of the molecule is COc1cccc(/C=C(/C#N)C(=O)NCCCc2ccccc2)c1OCC(=O)Nc1ccccc1. The summed E-state index contributed by atoms with van der Waals surface area (Å²) in [5, 5.41) is 15.1. The number of hydrogen-bond acceptors (Lipinski definition) is 5. The molecule has 0 aliphatic carbocycles. The van der Waals surface area contributed by atoms with E-state index in [1.54, 1.807) is 30.3 Å². The van der Waals surface area contributed by atoms with Crippen molar-refractivity contribution in [1.82, 2.24) is 5.32 Å². The summed E-state index contributed by atoms with van der Waals surface area (Å²) in [6.45, 7) is 0.164. The van der Waals surface area contributed by atoms with E-state index in [-0.39, 0.29) is 23.8 Å². The third kappa shape index (κ3) is 7.76. The van der Waals surface area contributed by atoms with Crippen molar-refractivity contribution in [2.24, 2.45) is 0 Å². The number of ether oxygens (including phenoxy) is 2. The summed E-state index contributed by atoms with van der Waals surface area (Å²) in [4.78, 5) is 24.9. The number of amides is 2. The van der Waals surface area contributed by atoms with E-state index >= 15 is 0 Å². The number of anilines is 1. The Morgan fingerprint density at radius 1 is 0.971 bits per heavy atom. The average Bonchev–Trinajstić information content (AvgIpc) is 2.89. The maximum absolute atomic E-state index is 12.6. The minimum Gasteiger partial charge on any atom is -0.493 e. The summed E-state index contributed by atoms with van der Waals surface area (Å²) >= 11 is 0. The molecule has 0 heterocycles. The highest BCUT2D eigenvalue weighted by molar-refractivity contribution is 6.02. The molecule has 0 aromatic heterocycles. The van der Waals surface area contributed by atoms with Crippen LogP contribution in [0.1, 0.15) is 17.5 Å². The van der Waals surface area contributed by atoms with Crippen LogP contribution in [-0.2, 0) is 16.0 Å². The van der Waals surface area contributed by atoms with Gasteiger partial charge in [-0.1, -0.05) is 60.7 Å². The highest BCUT2D eigenvalue weighted by Crippen LogP contribution is 2.32. The van der Waals surface area contributed by atoms with E-state index in [2.05, 4.69) is 10.6 Å². The van der Waals surface area contributed by atoms with Crippen molar-refractivity contribution in [2.75, 3.05) is 25.6 Å². The quantitative estimate of drug-likeness (QED) is 0.247. The van der Waals surface area contributed by atoms with E-state index in [1.807, 2.05) is 54.6 Å². The zero-order valence-electron chi connectivity index (χ0n) is 19.5. The summed E-state index contributed by atoms with van der Waals surface area (Å²) in [6.07, 6.45) is 3.00. The average molecular weight is 470 g/mol. The third-order valence-electron chi connectivity index (χ3n) is 5.07. The van der Waals surface area contributed by atoms with Gasteiger partial charge in [0.1, 0.15) is 11.6 Å². The molecule has 0 saturated carbocycles. The van der Waals surface area contributed by atoms with E-state index in [9.17, 15) is 14.9 Å². The van der Waals surface area contributed by atoms with Gasteiger partial charge < -0.3 is 20.1 Å². The van der Waals surface area contributed by atoms with Crippen molar-refractivity contribution in [1.29, 1.82) is 5.26 Å². The fourth-order valence-electron chi connectivity index (χ4n) is 3.36. The van der Waals surface area contributed by atoms with Gasteiger partial charge in [-0.05, 0) is 42.7 Å². The molecule has 2 N–H and O–H groups in total. The first-order chi connectivity index (χ1) is 17.1. The number of carbonyl (C=O) groups excluding carboxylic acids is 2. The molecule has 0 atom stereocenters. The first-order valence-electron chi connectivity index (χ1n) is 11.2. The Morgan fingerprint density at radius 2 is 1.69 bits per heavy atom. The Kier molecular flexibility index (Phi) is 9.46. The highest BCUT2D eigenvalue weighted by Gasteiger charge is 2.15. The lowest BCUT2D eigenvalue weighted by Gasteiger charge is -2.14. The zero-order chi connectivity index (χ0) is 24.9. The molecule has 0 spiro atoms. The molecule has 0 aliphatic rings. The van der Waals surface area contributed by atoms with Crippen molar-refractivity contribution in [2.45, 2.75) is 12.8 Å². The van der Waals surface area contributed by atoms with Gasteiger partial charge in [-0.3, -0.25) is 9.59 Å². The number of methoxy groups -OCH3 is 1. The van der Waals surface area contributed by atoms with Gasteiger partial charge in [0, 0.05) is 17.8 Å². The molecule has 3 aromatic rings. The first kappa shape index (κ1) is 25.1. The summed E-state index contributed by atoms with van der Waals surface area (Å²) in [5.74, 6) is -0.181. The summed E-state index contributed by atoms with van der Waals surface area (Å²) in [6, 6.07) is 26.0. The second-order valence-electron chi connectivity index (χ2n) is 7.60. The van der Waals surface area contributed by atoms with Gasteiger partial charge in [-0.25, -0.2) is 0 Å². The summed E-state index contributed by atoms with van der Waals surface area (Å²) in [7, 11) is 1.48. The predicted molar refractivity (Wildman–Crippen MR) is 135 cm³/mol. The molecule has 3 aromatic carbocycles. The molecular weight excluding hydrogens is 442 g/mol. The molecule has 7 nitrogen and oxygen atoms in total. The molecule has 2 amide bonds. The second kappa shape index (κ2) is 13.2. The Bertz CT molecular complexity index is 1200. The van der Waals surface area contributed by atoms with Crippen molar-refractivity contribution >= 4 is 23.6 Å². The van der Waals surface area contributed by atoms with E-state index in [0.717, 1.165) is 12.8 Å². The molecular formula is C28H27N3O4. The number of nitrogens with zero attached hydrogens (tertiary/aromatic N) is 1. The zero-order valence-corrected chi connectivity index (χ0v) is 19.5. The van der Waals surface area contributed by atoms with Gasteiger partial charge in [0.05, 0.1) is 7.11 Å². The lowest BCUT2D eigenvalue weighted by atomic mass is 10.1. The van der Waals surface area contributed by atoms with Gasteiger partial charge in [0.2, 0.25) is 0 Å². The first-order valence-corrected chi connectivity index (χ1v) is 11.2. The molecule has 0 aliphatic heterocycles. The van der Waals surface area contributed by atoms with Crippen LogP contribution in [0.2, 0.25) is 0 Å². The number of rotatable bonds is 11. The highest BCUT2D eigenvalue weighted by atomic mass is 16.5. The molecule has 178 valence electrons. The van der Waals surface area contributed by atoms with Crippen molar-refractivity contribution < 1.29 is 19.1 Å². The van der Waals surface area contributed by atoms with Gasteiger partial charge in [-0.2, -0.15) is 5.26 Å². The monoisotopic (exact) mass is 469 g/mol. The molecule has 0 bridgehead atoms. The van der Waals surface area contributed by atoms with Crippen LogP contribution in [0.5, 0.6) is 11.5 Å². The standard InChI is InChI=1S/C28H27N3O4/c1-34-25-16-8-13-22(27(25)35-20-26(32)31-24-14-6-3-7-15-24)18-23(19-29)28(33)30-17-9-12-21-10-4-2-5-11-21/h2-8,10-11,13-16,18H,9,12,17,20H2,1H3,(H,30,33)(H,31,32)/b23-18-. The number of aryl methyl sites for hydroxylation is 1. The lowest BCUT2D eigenvalue weighted by molar-refractivity contribution is -0.118. The normalized spacial score (nSPS) is 10.7. The fraction of sp³-hybridized carbons (Fsp3) is 0.179. The molecule has 0 unspecified atom stereocenters. The largest absolute Gasteiger partial charge is 0.493 e. The smallest absolute Gasteiger partial charge is 0.262 e. The fourth-order valence-corrected chi connectivity index (χ4v) is 3.36. The van der Waals surface area contributed by atoms with Crippen molar-refractivity contribution in [3.63, 3.8) is 0 Å². The number of hydrogen-bond donors (Lipinski definition) is 2.